The van der Waals surface area contributed by atoms with Crippen LogP contribution in [-0.4, -0.2) is 23.5 Å². The van der Waals surface area contributed by atoms with Gasteiger partial charge in [0.1, 0.15) is 0 Å². The van der Waals surface area contributed by atoms with Crippen LogP contribution in [0.25, 0.3) is 0 Å². The highest BCUT2D eigenvalue weighted by Crippen LogP contribution is 2.20. The second kappa shape index (κ2) is 4.70. The van der Waals surface area contributed by atoms with E-state index in [-0.39, 0.29) is 0 Å². The van der Waals surface area contributed by atoms with Crippen LogP contribution in [0.1, 0.15) is 32.6 Å². The van der Waals surface area contributed by atoms with Gasteiger partial charge in [0.05, 0.1) is 5.49 Å². The summed E-state index contributed by atoms with van der Waals surface area (Å²) in [5.74, 6) is 0.978. The summed E-state index contributed by atoms with van der Waals surface area (Å²) in [7, 11) is 0. The third kappa shape index (κ3) is 2.78. The number of piperidine rings is 1. The predicted octanol–water partition coefficient (Wildman–Crippen LogP) is 2.46. The third-order valence-corrected chi connectivity index (χ3v) is 2.79. The Morgan fingerprint density at radius 1 is 1.45 bits per heavy atom. The molecule has 64 valence electrons. The van der Waals surface area contributed by atoms with E-state index in [0.29, 0.717) is 0 Å². The molecule has 2 heteroatoms. The molecule has 0 atom stereocenters. The van der Waals surface area contributed by atoms with Crippen molar-refractivity contribution in [2.24, 2.45) is 5.92 Å². The molecule has 0 amide bonds. The molecule has 1 aliphatic rings. The lowest BCUT2D eigenvalue weighted by Crippen LogP contribution is -2.31. The summed E-state index contributed by atoms with van der Waals surface area (Å²) in [4.78, 5) is 2.25. The molecule has 0 aromatic heterocycles. The van der Waals surface area contributed by atoms with Crippen molar-refractivity contribution in [3.63, 3.8) is 0 Å². The Balaban J connectivity index is 2.18. The maximum atomic E-state index is 4.88. The third-order valence-electron chi connectivity index (χ3n) is 2.50. The molecule has 0 radical (unpaired) electrons. The van der Waals surface area contributed by atoms with Crippen molar-refractivity contribution < 1.29 is 0 Å². The molecule has 1 saturated heterocycles. The lowest BCUT2D eigenvalue weighted by Gasteiger charge is -2.29. The van der Waals surface area contributed by atoms with Crippen LogP contribution >= 0.6 is 12.2 Å². The lowest BCUT2D eigenvalue weighted by atomic mass is 9.93. The maximum Gasteiger partial charge on any atom is 0.0640 e. The second-order valence-electron chi connectivity index (χ2n) is 3.37. The number of rotatable bonds is 3. The number of likely N-dealkylation sites (tertiary alicyclic amines) is 1. The van der Waals surface area contributed by atoms with Crippen LogP contribution in [0, 0.1) is 5.92 Å². The van der Waals surface area contributed by atoms with Gasteiger partial charge in [-0.05, 0) is 18.8 Å². The van der Waals surface area contributed by atoms with E-state index in [1.165, 1.54) is 38.8 Å². The Morgan fingerprint density at radius 3 is 2.55 bits per heavy atom. The molecule has 1 rings (SSSR count). The summed E-state index contributed by atoms with van der Waals surface area (Å²) in [6.07, 6.45) is 5.44. The summed E-state index contributed by atoms with van der Waals surface area (Å²) in [6.45, 7) is 4.65. The largest absolute Gasteiger partial charge is 0.369 e. The molecule has 11 heavy (non-hydrogen) atoms. The van der Waals surface area contributed by atoms with Gasteiger partial charge in [-0.2, -0.15) is 0 Å². The fourth-order valence-electron chi connectivity index (χ4n) is 1.76. The molecule has 0 unspecified atom stereocenters. The summed E-state index contributed by atoms with van der Waals surface area (Å²) in [6, 6.07) is 0. The van der Waals surface area contributed by atoms with Crippen molar-refractivity contribution in [2.75, 3.05) is 13.1 Å². The zero-order valence-corrected chi connectivity index (χ0v) is 8.07. The van der Waals surface area contributed by atoms with Gasteiger partial charge < -0.3 is 4.90 Å². The van der Waals surface area contributed by atoms with Crippen LogP contribution in [-0.2, 0) is 0 Å². The van der Waals surface area contributed by atoms with Gasteiger partial charge in [0, 0.05) is 13.1 Å². The van der Waals surface area contributed by atoms with Gasteiger partial charge in [-0.25, -0.2) is 0 Å². The molecule has 1 aliphatic heterocycles. The normalized spacial score (nSPS) is 20.3. The van der Waals surface area contributed by atoms with E-state index in [4.69, 9.17) is 12.2 Å². The molecular weight excluding hydrogens is 154 g/mol. The Bertz CT molecular complexity index is 117. The van der Waals surface area contributed by atoms with Gasteiger partial charge >= 0.3 is 0 Å². The summed E-state index contributed by atoms with van der Waals surface area (Å²) >= 11 is 4.88. The molecule has 0 aromatic carbocycles. The smallest absolute Gasteiger partial charge is 0.0640 e. The van der Waals surface area contributed by atoms with Crippen molar-refractivity contribution >= 4 is 17.7 Å². The van der Waals surface area contributed by atoms with Gasteiger partial charge in [0.2, 0.25) is 0 Å². The van der Waals surface area contributed by atoms with E-state index < -0.39 is 0 Å². The molecule has 1 nitrogen and oxygen atoms in total. The van der Waals surface area contributed by atoms with Crippen molar-refractivity contribution in [3.05, 3.63) is 0 Å². The van der Waals surface area contributed by atoms with Crippen LogP contribution < -0.4 is 0 Å². The van der Waals surface area contributed by atoms with Crippen LogP contribution in [0.4, 0.5) is 0 Å². The molecule has 0 aromatic rings. The predicted molar refractivity (Wildman–Crippen MR) is 52.9 cm³/mol. The summed E-state index contributed by atoms with van der Waals surface area (Å²) in [5.41, 5.74) is 1.81. The Kier molecular flexibility index (Phi) is 3.84. The average molecular weight is 171 g/mol. The number of nitrogens with zero attached hydrogens (tertiary/aromatic N) is 1. The zero-order chi connectivity index (χ0) is 8.10. The molecule has 0 N–H and O–H groups in total. The van der Waals surface area contributed by atoms with Crippen LogP contribution in [0.15, 0.2) is 0 Å². The van der Waals surface area contributed by atoms with E-state index in [9.17, 15) is 0 Å². The number of hydrogen-bond acceptors (Lipinski definition) is 1. The number of hydrogen-bond donors (Lipinski definition) is 0. The molecule has 1 heterocycles. The summed E-state index contributed by atoms with van der Waals surface area (Å²) < 4.78 is 0. The highest BCUT2D eigenvalue weighted by Gasteiger charge is 2.15. The van der Waals surface area contributed by atoms with Crippen molar-refractivity contribution in [3.8, 4) is 0 Å². The van der Waals surface area contributed by atoms with E-state index in [1.54, 1.807) is 0 Å². The fourth-order valence-corrected chi connectivity index (χ4v) is 1.97. The highest BCUT2D eigenvalue weighted by atomic mass is 32.1. The number of thiocarbonyl (C=S) groups is 1. The Morgan fingerprint density at radius 2 is 2.09 bits per heavy atom. The van der Waals surface area contributed by atoms with Gasteiger partial charge in [-0.15, -0.1) is 0 Å². The minimum Gasteiger partial charge on any atom is -0.369 e. The highest BCUT2D eigenvalue weighted by molar-refractivity contribution is 7.78. The molecule has 0 saturated carbocycles. The minimum absolute atomic E-state index is 0.978. The van der Waals surface area contributed by atoms with Crippen LogP contribution in [0.5, 0.6) is 0 Å². The first kappa shape index (κ1) is 8.98. The zero-order valence-electron chi connectivity index (χ0n) is 7.25. The SMILES string of the molecule is CCCC1CCN(C=S)CC1. The molecule has 0 spiro atoms. The van der Waals surface area contributed by atoms with E-state index in [0.717, 1.165) is 5.92 Å². The molecular formula is C9H17NS. The van der Waals surface area contributed by atoms with Gasteiger partial charge in [0.25, 0.3) is 0 Å². The molecule has 0 bridgehead atoms. The van der Waals surface area contributed by atoms with E-state index in [1.807, 2.05) is 5.49 Å². The van der Waals surface area contributed by atoms with Gasteiger partial charge in [-0.3, -0.25) is 0 Å². The van der Waals surface area contributed by atoms with E-state index in [2.05, 4.69) is 11.8 Å². The van der Waals surface area contributed by atoms with Crippen molar-refractivity contribution in [2.45, 2.75) is 32.6 Å². The Labute approximate surface area is 74.8 Å². The van der Waals surface area contributed by atoms with Crippen molar-refractivity contribution in [1.29, 1.82) is 0 Å². The fraction of sp³-hybridized carbons (Fsp3) is 0.889. The van der Waals surface area contributed by atoms with Crippen molar-refractivity contribution in [1.82, 2.24) is 4.90 Å². The van der Waals surface area contributed by atoms with Crippen LogP contribution in [0.2, 0.25) is 0 Å². The lowest BCUT2D eigenvalue weighted by molar-refractivity contribution is 0.262. The van der Waals surface area contributed by atoms with E-state index >= 15 is 0 Å². The van der Waals surface area contributed by atoms with Gasteiger partial charge in [-0.1, -0.05) is 32.0 Å². The first-order valence-corrected chi connectivity index (χ1v) is 5.03. The molecule has 0 aliphatic carbocycles. The Hall–Kier alpha value is -0.110. The molecule has 1 fully saturated rings. The van der Waals surface area contributed by atoms with Crippen LogP contribution in [0.3, 0.4) is 0 Å². The second-order valence-corrected chi connectivity index (χ2v) is 3.58. The first-order valence-electron chi connectivity index (χ1n) is 4.56. The standard InChI is InChI=1S/C9H17NS/c1-2-3-9-4-6-10(8-11)7-5-9/h8-9H,2-7H2,1H3. The first-order chi connectivity index (χ1) is 5.36. The van der Waals surface area contributed by atoms with Gasteiger partial charge in [0.15, 0.2) is 0 Å². The minimum atomic E-state index is 0.978. The summed E-state index contributed by atoms with van der Waals surface area (Å²) in [5, 5.41) is 0. The average Bonchev–Trinajstić information content (AvgIpc) is 2.07. The maximum absolute atomic E-state index is 4.88. The topological polar surface area (TPSA) is 3.24 Å². The monoisotopic (exact) mass is 171 g/mol. The quantitative estimate of drug-likeness (QED) is 0.600.